The second-order valence-corrected chi connectivity index (χ2v) is 6.51. The maximum Gasteiger partial charge on any atom is 0.261 e. The van der Waals surface area contributed by atoms with Crippen LogP contribution in [0.4, 0.5) is 0 Å². The first-order valence-electron chi connectivity index (χ1n) is 9.29. The van der Waals surface area contributed by atoms with Gasteiger partial charge in [0.1, 0.15) is 11.5 Å². The molecule has 5 rings (SSSR count). The molecule has 0 radical (unpaired) electrons. The summed E-state index contributed by atoms with van der Waals surface area (Å²) >= 11 is 0. The normalized spacial score (nSPS) is 19.3. The minimum atomic E-state index is 0.103. The number of benzene rings is 1. The van der Waals surface area contributed by atoms with Crippen LogP contribution < -0.4 is 5.56 Å². The quantitative estimate of drug-likeness (QED) is 0.579. The molecule has 0 saturated heterocycles. The standard InChI is InChI=1S/C20H15N3O.C2H6/c24-20-17-9-5-13(4-7-15-3-1-2-10-21-15)11-18(17)22-19-14-6-8-16(12-14)23(19)20;1-2/h1-3,5,9-11,14,16H,6,8,12H2;1-2H3. The first kappa shape index (κ1) is 16.5. The van der Waals surface area contributed by atoms with Crippen molar-refractivity contribution in [3.63, 3.8) is 0 Å². The Kier molecular flexibility index (Phi) is 4.30. The molecule has 1 aliphatic heterocycles. The Morgan fingerprint density at radius 2 is 2.00 bits per heavy atom. The van der Waals surface area contributed by atoms with Crippen LogP contribution in [0, 0.1) is 11.8 Å². The van der Waals surface area contributed by atoms with Crippen molar-refractivity contribution in [1.82, 2.24) is 14.5 Å². The van der Waals surface area contributed by atoms with Gasteiger partial charge in [0.25, 0.3) is 5.56 Å². The van der Waals surface area contributed by atoms with E-state index in [1.165, 1.54) is 0 Å². The second kappa shape index (κ2) is 6.76. The molecule has 1 saturated carbocycles. The lowest BCUT2D eigenvalue weighted by atomic mass is 10.1. The van der Waals surface area contributed by atoms with Crippen LogP contribution in [0.1, 0.15) is 62.2 Å². The highest BCUT2D eigenvalue weighted by molar-refractivity contribution is 5.79. The van der Waals surface area contributed by atoms with Crippen molar-refractivity contribution >= 4 is 10.9 Å². The van der Waals surface area contributed by atoms with E-state index >= 15 is 0 Å². The van der Waals surface area contributed by atoms with Crippen molar-refractivity contribution in [3.8, 4) is 11.8 Å². The molecule has 130 valence electrons. The minimum absolute atomic E-state index is 0.103. The molecule has 2 atom stereocenters. The molecule has 2 bridgehead atoms. The summed E-state index contributed by atoms with van der Waals surface area (Å²) in [5.74, 6) is 7.59. The van der Waals surface area contributed by atoms with Crippen LogP contribution in [0.3, 0.4) is 0 Å². The number of aromatic nitrogens is 3. The van der Waals surface area contributed by atoms with Gasteiger partial charge in [-0.1, -0.05) is 25.8 Å². The van der Waals surface area contributed by atoms with E-state index in [1.807, 2.05) is 54.8 Å². The van der Waals surface area contributed by atoms with Gasteiger partial charge in [-0.05, 0) is 55.5 Å². The fourth-order valence-corrected chi connectivity index (χ4v) is 3.93. The van der Waals surface area contributed by atoms with Crippen LogP contribution >= 0.6 is 0 Å². The van der Waals surface area contributed by atoms with Crippen LogP contribution in [-0.4, -0.2) is 14.5 Å². The van der Waals surface area contributed by atoms with Gasteiger partial charge in [0.05, 0.1) is 10.9 Å². The molecular formula is C22H21N3O. The van der Waals surface area contributed by atoms with E-state index in [0.717, 1.165) is 41.9 Å². The third-order valence-electron chi connectivity index (χ3n) is 5.06. The Balaban J connectivity index is 0.000000814. The summed E-state index contributed by atoms with van der Waals surface area (Å²) in [7, 11) is 0. The summed E-state index contributed by atoms with van der Waals surface area (Å²) in [5.41, 5.74) is 2.45. The summed E-state index contributed by atoms with van der Waals surface area (Å²) in [6.45, 7) is 4.00. The maximum absolute atomic E-state index is 12.8. The molecule has 0 N–H and O–H groups in total. The Hall–Kier alpha value is -2.93. The second-order valence-electron chi connectivity index (χ2n) is 6.51. The van der Waals surface area contributed by atoms with E-state index < -0.39 is 0 Å². The van der Waals surface area contributed by atoms with Gasteiger partial charge in [-0.15, -0.1) is 0 Å². The van der Waals surface area contributed by atoms with E-state index in [1.54, 1.807) is 6.20 Å². The highest BCUT2D eigenvalue weighted by atomic mass is 16.1. The Morgan fingerprint density at radius 1 is 1.12 bits per heavy atom. The lowest BCUT2D eigenvalue weighted by Gasteiger charge is -2.17. The van der Waals surface area contributed by atoms with Crippen molar-refractivity contribution in [3.05, 3.63) is 70.0 Å². The number of hydrogen-bond donors (Lipinski definition) is 0. The molecule has 0 spiro atoms. The molecule has 26 heavy (non-hydrogen) atoms. The van der Waals surface area contributed by atoms with Crippen molar-refractivity contribution in [2.24, 2.45) is 0 Å². The summed E-state index contributed by atoms with van der Waals surface area (Å²) in [5, 5.41) is 0.690. The van der Waals surface area contributed by atoms with Gasteiger partial charge in [-0.25, -0.2) is 9.97 Å². The van der Waals surface area contributed by atoms with Gasteiger partial charge < -0.3 is 0 Å². The molecule has 3 heterocycles. The zero-order valence-electron chi connectivity index (χ0n) is 15.1. The lowest BCUT2D eigenvalue weighted by Crippen LogP contribution is -2.26. The van der Waals surface area contributed by atoms with Crippen LogP contribution in [-0.2, 0) is 0 Å². The third-order valence-corrected chi connectivity index (χ3v) is 5.06. The molecule has 0 amide bonds. The van der Waals surface area contributed by atoms with Gasteiger partial charge in [-0.3, -0.25) is 9.36 Å². The van der Waals surface area contributed by atoms with E-state index in [0.29, 0.717) is 17.3 Å². The van der Waals surface area contributed by atoms with E-state index in [-0.39, 0.29) is 5.56 Å². The number of fused-ring (bicyclic) bond motifs is 6. The summed E-state index contributed by atoms with van der Waals surface area (Å²) < 4.78 is 1.93. The van der Waals surface area contributed by atoms with Gasteiger partial charge in [0, 0.05) is 23.7 Å². The average Bonchev–Trinajstić information content (AvgIpc) is 3.31. The molecule has 1 aliphatic carbocycles. The van der Waals surface area contributed by atoms with Crippen LogP contribution in [0.2, 0.25) is 0 Å². The lowest BCUT2D eigenvalue weighted by molar-refractivity contribution is 0.504. The average molecular weight is 343 g/mol. The van der Waals surface area contributed by atoms with Crippen molar-refractivity contribution in [2.45, 2.75) is 45.1 Å². The van der Waals surface area contributed by atoms with Gasteiger partial charge >= 0.3 is 0 Å². The monoisotopic (exact) mass is 343 g/mol. The van der Waals surface area contributed by atoms with Gasteiger partial charge in [-0.2, -0.15) is 0 Å². The van der Waals surface area contributed by atoms with Crippen LogP contribution in [0.25, 0.3) is 10.9 Å². The number of nitrogens with zero attached hydrogens (tertiary/aromatic N) is 3. The summed E-state index contributed by atoms with van der Waals surface area (Å²) in [6, 6.07) is 11.7. The summed E-state index contributed by atoms with van der Waals surface area (Å²) in [6.07, 6.45) is 5.07. The molecule has 2 unspecified atom stereocenters. The third kappa shape index (κ3) is 2.70. The van der Waals surface area contributed by atoms with Crippen molar-refractivity contribution in [1.29, 1.82) is 0 Å². The SMILES string of the molecule is CC.O=c1c2ccc(C#Cc3ccccn3)cc2nc2n1C1CCC2C1. The maximum atomic E-state index is 12.8. The molecule has 2 aliphatic rings. The Bertz CT molecular complexity index is 1070. The van der Waals surface area contributed by atoms with Gasteiger partial charge in [0.15, 0.2) is 0 Å². The fraction of sp³-hybridized carbons (Fsp3) is 0.318. The first-order chi connectivity index (χ1) is 12.8. The Morgan fingerprint density at radius 3 is 2.81 bits per heavy atom. The highest BCUT2D eigenvalue weighted by Gasteiger charge is 2.39. The molecule has 1 fully saturated rings. The van der Waals surface area contributed by atoms with Crippen molar-refractivity contribution < 1.29 is 0 Å². The fourth-order valence-electron chi connectivity index (χ4n) is 3.93. The first-order valence-corrected chi connectivity index (χ1v) is 9.29. The molecule has 1 aromatic carbocycles. The smallest absolute Gasteiger partial charge is 0.261 e. The van der Waals surface area contributed by atoms with Gasteiger partial charge in [0.2, 0.25) is 0 Å². The van der Waals surface area contributed by atoms with E-state index in [9.17, 15) is 4.79 Å². The molecule has 4 nitrogen and oxygen atoms in total. The van der Waals surface area contributed by atoms with E-state index in [4.69, 9.17) is 4.98 Å². The largest absolute Gasteiger partial charge is 0.293 e. The van der Waals surface area contributed by atoms with Crippen LogP contribution in [0.15, 0.2) is 47.4 Å². The predicted octanol–water partition coefficient (Wildman–Crippen LogP) is 4.04. The topological polar surface area (TPSA) is 47.8 Å². The highest BCUT2D eigenvalue weighted by Crippen LogP contribution is 2.46. The number of rotatable bonds is 0. The predicted molar refractivity (Wildman–Crippen MR) is 103 cm³/mol. The zero-order chi connectivity index (χ0) is 18.1. The molecule has 2 aromatic heterocycles. The minimum Gasteiger partial charge on any atom is -0.293 e. The molecule has 3 aromatic rings. The van der Waals surface area contributed by atoms with Crippen LogP contribution in [0.5, 0.6) is 0 Å². The van der Waals surface area contributed by atoms with E-state index in [2.05, 4.69) is 16.8 Å². The number of pyridine rings is 1. The van der Waals surface area contributed by atoms with Crippen molar-refractivity contribution in [2.75, 3.05) is 0 Å². The number of hydrogen-bond acceptors (Lipinski definition) is 3. The molecular weight excluding hydrogens is 322 g/mol. The zero-order valence-corrected chi connectivity index (χ0v) is 15.1. The Labute approximate surface area is 152 Å². The molecule has 4 heteroatoms. The summed E-state index contributed by atoms with van der Waals surface area (Å²) in [4.78, 5) is 21.8.